The quantitative estimate of drug-likeness (QED) is 0.725. The van der Waals surface area contributed by atoms with Gasteiger partial charge < -0.3 is 15.7 Å². The Morgan fingerprint density at radius 3 is 2.37 bits per heavy atom. The molecule has 2 rings (SSSR count). The highest BCUT2D eigenvalue weighted by Gasteiger charge is 2.48. The number of hydrogen-bond donors (Lipinski definition) is 3. The fraction of sp³-hybridized carbons (Fsp3) is 0.933. The zero-order valence-corrected chi connectivity index (χ0v) is 12.5. The Balaban J connectivity index is 1.87. The summed E-state index contributed by atoms with van der Waals surface area (Å²) in [4.78, 5) is 12.2. The lowest BCUT2D eigenvalue weighted by atomic mass is 9.64. The Labute approximate surface area is 116 Å². The van der Waals surface area contributed by atoms with Crippen LogP contribution in [-0.4, -0.2) is 35.7 Å². The summed E-state index contributed by atoms with van der Waals surface area (Å²) < 4.78 is 0. The van der Waals surface area contributed by atoms with E-state index >= 15 is 0 Å². The van der Waals surface area contributed by atoms with Crippen LogP contribution in [0.15, 0.2) is 0 Å². The highest BCUT2D eigenvalue weighted by molar-refractivity contribution is 5.77. The van der Waals surface area contributed by atoms with E-state index in [4.69, 9.17) is 0 Å². The topological polar surface area (TPSA) is 61.4 Å². The average Bonchev–Trinajstić information content (AvgIpc) is 2.39. The molecule has 19 heavy (non-hydrogen) atoms. The molecule has 4 heteroatoms. The first-order chi connectivity index (χ1) is 8.89. The Hall–Kier alpha value is -0.610. The van der Waals surface area contributed by atoms with E-state index in [1.165, 1.54) is 19.3 Å². The molecular formula is C15H28N2O2. The van der Waals surface area contributed by atoms with Gasteiger partial charge in [-0.1, -0.05) is 33.1 Å². The van der Waals surface area contributed by atoms with E-state index in [0.29, 0.717) is 12.8 Å². The molecule has 0 aliphatic heterocycles. The maximum absolute atomic E-state index is 12.2. The maximum Gasteiger partial charge on any atom is 0.222 e. The number of amides is 1. The summed E-state index contributed by atoms with van der Waals surface area (Å²) in [6, 6.07) is 0.118. The fourth-order valence-corrected chi connectivity index (χ4v) is 3.44. The van der Waals surface area contributed by atoms with E-state index in [2.05, 4.69) is 10.6 Å². The van der Waals surface area contributed by atoms with Crippen molar-refractivity contribution < 1.29 is 9.90 Å². The highest BCUT2D eigenvalue weighted by atomic mass is 16.3. The second-order valence-electron chi connectivity index (χ2n) is 6.96. The lowest BCUT2D eigenvalue weighted by Crippen LogP contribution is -2.62. The molecule has 0 bridgehead atoms. The SMILES string of the molecule is CNC1(CC(=O)NC2CC(O)C2(C)C)CCCCC1. The summed E-state index contributed by atoms with van der Waals surface area (Å²) in [7, 11) is 1.97. The third-order valence-electron chi connectivity index (χ3n) is 5.39. The smallest absolute Gasteiger partial charge is 0.222 e. The first-order valence-corrected chi connectivity index (χ1v) is 7.56. The number of hydrogen-bond acceptors (Lipinski definition) is 3. The zero-order valence-electron chi connectivity index (χ0n) is 12.5. The van der Waals surface area contributed by atoms with Crippen LogP contribution in [0.5, 0.6) is 0 Å². The fourth-order valence-electron chi connectivity index (χ4n) is 3.44. The molecule has 4 nitrogen and oxygen atoms in total. The summed E-state index contributed by atoms with van der Waals surface area (Å²) in [5.41, 5.74) is -0.191. The maximum atomic E-state index is 12.2. The molecule has 2 fully saturated rings. The van der Waals surface area contributed by atoms with Gasteiger partial charge in [-0.05, 0) is 26.3 Å². The van der Waals surface area contributed by atoms with Gasteiger partial charge in [0.2, 0.25) is 5.91 Å². The average molecular weight is 268 g/mol. The third kappa shape index (κ3) is 2.95. The van der Waals surface area contributed by atoms with Crippen molar-refractivity contribution in [1.29, 1.82) is 0 Å². The molecule has 1 amide bonds. The molecule has 0 heterocycles. The van der Waals surface area contributed by atoms with Crippen molar-refractivity contribution in [2.24, 2.45) is 5.41 Å². The normalized spacial score (nSPS) is 32.4. The van der Waals surface area contributed by atoms with Crippen LogP contribution in [0.3, 0.4) is 0 Å². The summed E-state index contributed by atoms with van der Waals surface area (Å²) in [6.45, 7) is 4.03. The molecule has 0 aromatic heterocycles. The van der Waals surface area contributed by atoms with Crippen LogP contribution in [0.25, 0.3) is 0 Å². The molecular weight excluding hydrogens is 240 g/mol. The van der Waals surface area contributed by atoms with Gasteiger partial charge in [0, 0.05) is 23.4 Å². The second-order valence-corrected chi connectivity index (χ2v) is 6.96. The summed E-state index contributed by atoms with van der Waals surface area (Å²) in [5.74, 6) is 0.126. The van der Waals surface area contributed by atoms with E-state index in [9.17, 15) is 9.90 Å². The Morgan fingerprint density at radius 1 is 1.26 bits per heavy atom. The minimum Gasteiger partial charge on any atom is -0.392 e. The molecule has 3 N–H and O–H groups in total. The van der Waals surface area contributed by atoms with Crippen LogP contribution in [-0.2, 0) is 4.79 Å². The molecule has 2 unspecified atom stereocenters. The van der Waals surface area contributed by atoms with Crippen LogP contribution in [0, 0.1) is 5.41 Å². The summed E-state index contributed by atoms with van der Waals surface area (Å²) >= 11 is 0. The molecule has 2 saturated carbocycles. The van der Waals surface area contributed by atoms with Crippen LogP contribution < -0.4 is 10.6 Å². The number of nitrogens with one attached hydrogen (secondary N) is 2. The van der Waals surface area contributed by atoms with Gasteiger partial charge in [-0.2, -0.15) is 0 Å². The minimum absolute atomic E-state index is 0.00512. The number of aliphatic hydroxyl groups is 1. The molecule has 0 saturated heterocycles. The lowest BCUT2D eigenvalue weighted by molar-refractivity contribution is -0.131. The van der Waals surface area contributed by atoms with Crippen molar-refractivity contribution in [3.8, 4) is 0 Å². The Morgan fingerprint density at radius 2 is 1.89 bits per heavy atom. The van der Waals surface area contributed by atoms with Gasteiger partial charge in [0.25, 0.3) is 0 Å². The van der Waals surface area contributed by atoms with Gasteiger partial charge in [-0.25, -0.2) is 0 Å². The summed E-state index contributed by atoms with van der Waals surface area (Å²) in [6.07, 6.45) is 6.85. The zero-order chi connectivity index (χ0) is 14.1. The van der Waals surface area contributed by atoms with Crippen LogP contribution in [0.4, 0.5) is 0 Å². The monoisotopic (exact) mass is 268 g/mol. The third-order valence-corrected chi connectivity index (χ3v) is 5.39. The number of carbonyl (C=O) groups excluding carboxylic acids is 1. The van der Waals surface area contributed by atoms with Crippen molar-refractivity contribution >= 4 is 5.91 Å². The molecule has 0 aromatic rings. The standard InChI is InChI=1S/C15H28N2O2/c1-14(2)11(9-12(14)18)17-13(19)10-15(16-3)7-5-4-6-8-15/h11-12,16,18H,4-10H2,1-3H3,(H,17,19). The number of aliphatic hydroxyl groups excluding tert-OH is 1. The van der Waals surface area contributed by atoms with E-state index in [0.717, 1.165) is 12.8 Å². The van der Waals surface area contributed by atoms with Crippen molar-refractivity contribution in [3.05, 3.63) is 0 Å². The predicted molar refractivity (Wildman–Crippen MR) is 75.8 cm³/mol. The van der Waals surface area contributed by atoms with E-state index in [1.54, 1.807) is 0 Å². The molecule has 0 radical (unpaired) electrons. The van der Waals surface area contributed by atoms with Gasteiger partial charge in [0.05, 0.1) is 6.10 Å². The molecule has 0 aromatic carbocycles. The van der Waals surface area contributed by atoms with Gasteiger partial charge in [0.15, 0.2) is 0 Å². The molecule has 2 atom stereocenters. The predicted octanol–water partition coefficient (Wildman–Crippen LogP) is 1.57. The van der Waals surface area contributed by atoms with Crippen molar-refractivity contribution in [2.75, 3.05) is 7.05 Å². The lowest BCUT2D eigenvalue weighted by Gasteiger charge is -2.49. The molecule has 2 aliphatic carbocycles. The van der Waals surface area contributed by atoms with Crippen molar-refractivity contribution in [1.82, 2.24) is 10.6 Å². The largest absolute Gasteiger partial charge is 0.392 e. The van der Waals surface area contributed by atoms with Gasteiger partial charge in [0.1, 0.15) is 0 Å². The number of rotatable bonds is 4. The van der Waals surface area contributed by atoms with Crippen LogP contribution in [0.1, 0.15) is 58.8 Å². The van der Waals surface area contributed by atoms with Crippen LogP contribution >= 0.6 is 0 Å². The first-order valence-electron chi connectivity index (χ1n) is 7.56. The molecule has 0 spiro atoms. The Kier molecular flexibility index (Phi) is 4.21. The minimum atomic E-state index is -0.286. The molecule has 2 aliphatic rings. The molecule has 110 valence electrons. The first kappa shape index (κ1) is 14.8. The van der Waals surface area contributed by atoms with Gasteiger partial charge in [-0.3, -0.25) is 4.79 Å². The number of carbonyl (C=O) groups is 1. The van der Waals surface area contributed by atoms with Gasteiger partial charge >= 0.3 is 0 Å². The Bertz CT molecular complexity index is 335. The second kappa shape index (κ2) is 5.41. The van der Waals surface area contributed by atoms with Gasteiger partial charge in [-0.15, -0.1) is 0 Å². The van der Waals surface area contributed by atoms with E-state index in [-0.39, 0.29) is 29.0 Å². The van der Waals surface area contributed by atoms with Crippen LogP contribution in [0.2, 0.25) is 0 Å². The van der Waals surface area contributed by atoms with Crippen molar-refractivity contribution in [2.45, 2.75) is 76.5 Å². The highest BCUT2D eigenvalue weighted by Crippen LogP contribution is 2.40. The summed E-state index contributed by atoms with van der Waals surface area (Å²) in [5, 5.41) is 16.2. The van der Waals surface area contributed by atoms with E-state index in [1.807, 2.05) is 20.9 Å². The van der Waals surface area contributed by atoms with Crippen molar-refractivity contribution in [3.63, 3.8) is 0 Å². The van der Waals surface area contributed by atoms with E-state index < -0.39 is 0 Å².